The van der Waals surface area contributed by atoms with E-state index >= 15 is 0 Å². The lowest BCUT2D eigenvalue weighted by Crippen LogP contribution is -2.41. The molecule has 1 saturated heterocycles. The molecule has 3 nitrogen and oxygen atoms in total. The molecule has 114 valence electrons. The molecule has 6 heteroatoms. The summed E-state index contributed by atoms with van der Waals surface area (Å²) in [7, 11) is -0.635. The summed E-state index contributed by atoms with van der Waals surface area (Å²) in [5, 5.41) is 0. The maximum Gasteiger partial charge on any atom is 0.491 e. The van der Waals surface area contributed by atoms with Gasteiger partial charge in [0.15, 0.2) is 0 Å². The van der Waals surface area contributed by atoms with E-state index in [0.29, 0.717) is 5.47 Å². The third-order valence-electron chi connectivity index (χ3n) is 4.10. The predicted octanol–water partition coefficient (Wildman–Crippen LogP) is 2.94. The molecular formula is C15H20BF2NO2. The second-order valence-electron chi connectivity index (χ2n) is 6.18. The maximum atomic E-state index is 13.7. The van der Waals surface area contributed by atoms with Gasteiger partial charge in [-0.05, 0) is 45.3 Å². The molecule has 1 aromatic rings. The highest BCUT2D eigenvalue weighted by Crippen LogP contribution is 2.38. The molecule has 0 bridgehead atoms. The molecule has 0 aromatic heterocycles. The fraction of sp³-hybridized carbons (Fsp3) is 0.467. The van der Waals surface area contributed by atoms with E-state index in [1.54, 1.807) is 6.08 Å². The highest BCUT2D eigenvalue weighted by atomic mass is 19.1. The van der Waals surface area contributed by atoms with E-state index in [2.05, 4.69) is 0 Å². The van der Waals surface area contributed by atoms with Gasteiger partial charge in [-0.2, -0.15) is 0 Å². The van der Waals surface area contributed by atoms with Crippen molar-refractivity contribution in [1.82, 2.24) is 0 Å². The number of halogens is 2. The van der Waals surface area contributed by atoms with Crippen LogP contribution in [0.25, 0.3) is 6.08 Å². The Morgan fingerprint density at radius 3 is 2.24 bits per heavy atom. The largest absolute Gasteiger partial charge is 0.491 e. The van der Waals surface area contributed by atoms with Crippen LogP contribution in [-0.4, -0.2) is 24.9 Å². The van der Waals surface area contributed by atoms with Crippen LogP contribution in [0.3, 0.4) is 0 Å². The van der Waals surface area contributed by atoms with Crippen molar-refractivity contribution in [3.05, 3.63) is 40.9 Å². The van der Waals surface area contributed by atoms with Gasteiger partial charge in [0.1, 0.15) is 11.6 Å². The zero-order chi connectivity index (χ0) is 15.8. The van der Waals surface area contributed by atoms with Gasteiger partial charge in [0.25, 0.3) is 0 Å². The van der Waals surface area contributed by atoms with E-state index in [9.17, 15) is 8.78 Å². The van der Waals surface area contributed by atoms with Crippen molar-refractivity contribution in [2.75, 3.05) is 6.54 Å². The fourth-order valence-corrected chi connectivity index (χ4v) is 2.04. The summed E-state index contributed by atoms with van der Waals surface area (Å²) in [4.78, 5) is 0. The zero-order valence-electron chi connectivity index (χ0n) is 12.7. The molecule has 2 N–H and O–H groups in total. The Morgan fingerprint density at radius 1 is 1.19 bits per heavy atom. The van der Waals surface area contributed by atoms with Crippen LogP contribution in [0.4, 0.5) is 8.78 Å². The molecule has 0 radical (unpaired) electrons. The lowest BCUT2D eigenvalue weighted by molar-refractivity contribution is 0.00578. The molecule has 0 spiro atoms. The summed E-state index contributed by atoms with van der Waals surface area (Å²) in [6.07, 6.45) is 1.55. The van der Waals surface area contributed by atoms with Gasteiger partial charge < -0.3 is 15.0 Å². The normalized spacial score (nSPS) is 20.9. The molecule has 1 aliphatic heterocycles. The second-order valence-corrected chi connectivity index (χ2v) is 6.18. The zero-order valence-corrected chi connectivity index (χ0v) is 12.7. The summed E-state index contributed by atoms with van der Waals surface area (Å²) in [5.74, 6) is -1.26. The van der Waals surface area contributed by atoms with Gasteiger partial charge in [-0.3, -0.25) is 0 Å². The first-order chi connectivity index (χ1) is 9.66. The van der Waals surface area contributed by atoms with Crippen molar-refractivity contribution < 1.29 is 18.1 Å². The van der Waals surface area contributed by atoms with Crippen LogP contribution >= 0.6 is 0 Å². The van der Waals surface area contributed by atoms with Crippen LogP contribution in [0.2, 0.25) is 0 Å². The average Bonchev–Trinajstić information content (AvgIpc) is 2.57. The quantitative estimate of drug-likeness (QED) is 0.872. The third kappa shape index (κ3) is 3.17. The number of rotatable bonds is 3. The van der Waals surface area contributed by atoms with Crippen molar-refractivity contribution in [1.29, 1.82) is 0 Å². The molecule has 0 unspecified atom stereocenters. The maximum absolute atomic E-state index is 13.7. The van der Waals surface area contributed by atoms with Gasteiger partial charge >= 0.3 is 7.12 Å². The van der Waals surface area contributed by atoms with Gasteiger partial charge in [-0.1, -0.05) is 6.08 Å². The molecule has 1 fully saturated rings. The van der Waals surface area contributed by atoms with Crippen molar-refractivity contribution in [3.63, 3.8) is 0 Å². The predicted molar refractivity (Wildman–Crippen MR) is 79.5 cm³/mol. The van der Waals surface area contributed by atoms with Crippen molar-refractivity contribution in [3.8, 4) is 0 Å². The Hall–Kier alpha value is -1.24. The molecule has 1 aliphatic rings. The van der Waals surface area contributed by atoms with Gasteiger partial charge in [0.2, 0.25) is 0 Å². The molecule has 1 heterocycles. The Kier molecular flexibility index (Phi) is 4.24. The SMILES string of the molecule is CC1(C)OB(C(=Cc2ccc(F)cc2F)CN)OC1(C)C. The Labute approximate surface area is 124 Å². The van der Waals surface area contributed by atoms with Crippen molar-refractivity contribution in [2.45, 2.75) is 38.9 Å². The number of nitrogens with two attached hydrogens (primary N) is 1. The molecule has 0 amide bonds. The number of benzene rings is 1. The summed E-state index contributed by atoms with van der Waals surface area (Å²) < 4.78 is 38.4. The summed E-state index contributed by atoms with van der Waals surface area (Å²) in [6.45, 7) is 7.88. The van der Waals surface area contributed by atoms with E-state index in [0.717, 1.165) is 6.07 Å². The minimum absolute atomic E-state index is 0.160. The van der Waals surface area contributed by atoms with Crippen molar-refractivity contribution >= 4 is 13.2 Å². The Morgan fingerprint density at radius 2 is 1.76 bits per heavy atom. The summed E-state index contributed by atoms with van der Waals surface area (Å²) >= 11 is 0. The Balaban J connectivity index is 2.31. The van der Waals surface area contributed by atoms with Gasteiger partial charge in [0.05, 0.1) is 11.2 Å². The van der Waals surface area contributed by atoms with E-state index in [1.165, 1.54) is 12.1 Å². The van der Waals surface area contributed by atoms with E-state index < -0.39 is 30.0 Å². The molecule has 2 rings (SSSR count). The van der Waals surface area contributed by atoms with Gasteiger partial charge in [0, 0.05) is 18.2 Å². The first-order valence-corrected chi connectivity index (χ1v) is 6.87. The highest BCUT2D eigenvalue weighted by molar-refractivity contribution is 6.55. The number of hydrogen-bond donors (Lipinski definition) is 1. The highest BCUT2D eigenvalue weighted by Gasteiger charge is 2.52. The topological polar surface area (TPSA) is 44.5 Å². The lowest BCUT2D eigenvalue weighted by atomic mass is 9.77. The van der Waals surface area contributed by atoms with E-state index in [4.69, 9.17) is 15.0 Å². The standard InChI is InChI=1S/C15H20BF2NO2/c1-14(2)15(3,4)21-16(20-14)11(9-19)7-10-5-6-12(17)8-13(10)18/h5-8H,9,19H2,1-4H3. The minimum atomic E-state index is -0.641. The third-order valence-corrected chi connectivity index (χ3v) is 4.10. The van der Waals surface area contributed by atoms with Crippen LogP contribution in [0.1, 0.15) is 33.3 Å². The van der Waals surface area contributed by atoms with Crippen LogP contribution in [0.5, 0.6) is 0 Å². The molecule has 0 aliphatic carbocycles. The summed E-state index contributed by atoms with van der Waals surface area (Å²) in [6, 6.07) is 3.41. The van der Waals surface area contributed by atoms with Crippen LogP contribution < -0.4 is 5.73 Å². The first kappa shape index (κ1) is 16.1. The van der Waals surface area contributed by atoms with Gasteiger partial charge in [-0.25, -0.2) is 8.78 Å². The fourth-order valence-electron chi connectivity index (χ4n) is 2.04. The first-order valence-electron chi connectivity index (χ1n) is 6.87. The molecular weight excluding hydrogens is 275 g/mol. The Bertz CT molecular complexity index is 557. The number of hydrogen-bond acceptors (Lipinski definition) is 3. The van der Waals surface area contributed by atoms with E-state index in [1.807, 2.05) is 27.7 Å². The molecule has 0 saturated carbocycles. The molecule has 1 aromatic carbocycles. The van der Waals surface area contributed by atoms with Crippen molar-refractivity contribution in [2.24, 2.45) is 5.73 Å². The van der Waals surface area contributed by atoms with Crippen LogP contribution in [-0.2, 0) is 9.31 Å². The van der Waals surface area contributed by atoms with Gasteiger partial charge in [-0.15, -0.1) is 0 Å². The minimum Gasteiger partial charge on any atom is -0.400 e. The van der Waals surface area contributed by atoms with E-state index in [-0.39, 0.29) is 12.1 Å². The van der Waals surface area contributed by atoms with Crippen LogP contribution in [0, 0.1) is 11.6 Å². The smallest absolute Gasteiger partial charge is 0.400 e. The average molecular weight is 295 g/mol. The monoisotopic (exact) mass is 295 g/mol. The molecule has 21 heavy (non-hydrogen) atoms. The summed E-state index contributed by atoms with van der Waals surface area (Å²) in [5.41, 5.74) is 5.61. The van der Waals surface area contributed by atoms with Crippen LogP contribution in [0.15, 0.2) is 23.7 Å². The second kappa shape index (κ2) is 5.52. The molecule has 0 atom stereocenters. The lowest BCUT2D eigenvalue weighted by Gasteiger charge is -2.32.